The van der Waals surface area contributed by atoms with Crippen LogP contribution < -0.4 is 11.0 Å². The number of para-hydroxylation sites is 1. The number of ether oxygens (including phenoxy) is 1. The molecule has 0 saturated heterocycles. The zero-order valence-corrected chi connectivity index (χ0v) is 16.9. The van der Waals surface area contributed by atoms with E-state index in [1.165, 1.54) is 0 Å². The molecule has 0 radical (unpaired) electrons. The van der Waals surface area contributed by atoms with Gasteiger partial charge in [0.2, 0.25) is 5.95 Å². The van der Waals surface area contributed by atoms with Crippen LogP contribution in [0, 0.1) is 13.8 Å². The molecule has 1 aromatic carbocycles. The normalized spacial score (nSPS) is 11.9. The van der Waals surface area contributed by atoms with Crippen molar-refractivity contribution >= 4 is 22.6 Å². The van der Waals surface area contributed by atoms with Crippen molar-refractivity contribution in [3.63, 3.8) is 0 Å². The Balaban J connectivity index is 1.96. The molecule has 2 heterocycles. The highest BCUT2D eigenvalue weighted by Crippen LogP contribution is 2.15. The third-order valence-corrected chi connectivity index (χ3v) is 4.70. The second-order valence-electron chi connectivity index (χ2n) is 6.74. The van der Waals surface area contributed by atoms with Crippen LogP contribution in [-0.2, 0) is 11.3 Å². The molecule has 0 spiro atoms. The minimum absolute atomic E-state index is 0.0774. The molecule has 0 aliphatic carbocycles. The molecule has 3 rings (SSSR count). The number of aromatic nitrogens is 3. The van der Waals surface area contributed by atoms with Gasteiger partial charge in [-0.15, -0.1) is 0 Å². The lowest BCUT2D eigenvalue weighted by Crippen LogP contribution is -2.25. The number of nitrogens with one attached hydrogen (secondary N) is 2. The van der Waals surface area contributed by atoms with E-state index in [-0.39, 0.29) is 5.56 Å². The van der Waals surface area contributed by atoms with Crippen LogP contribution in [0.2, 0.25) is 0 Å². The lowest BCUT2D eigenvalue weighted by atomic mass is 10.1. The fourth-order valence-corrected chi connectivity index (χ4v) is 3.33. The number of fused-ring (bicyclic) bond motifs is 1. The number of H-pyrrole nitrogens is 1. The summed E-state index contributed by atoms with van der Waals surface area (Å²) in [5.74, 6) is 0.436. The molecule has 7 heteroatoms. The molecule has 3 aromatic rings. The van der Waals surface area contributed by atoms with Gasteiger partial charge < -0.3 is 9.72 Å². The van der Waals surface area contributed by atoms with Crippen LogP contribution in [0.15, 0.2) is 40.4 Å². The fourth-order valence-electron chi connectivity index (χ4n) is 3.33. The number of benzene rings is 1. The fraction of sp³-hybridized carbons (Fsp3) is 0.381. The molecule has 148 valence electrons. The van der Waals surface area contributed by atoms with Gasteiger partial charge in [-0.05, 0) is 51.8 Å². The molecule has 0 atom stereocenters. The molecule has 7 nitrogen and oxygen atoms in total. The summed E-state index contributed by atoms with van der Waals surface area (Å²) >= 11 is 0. The Morgan fingerprint density at radius 1 is 1.32 bits per heavy atom. The first-order chi connectivity index (χ1) is 13.5. The van der Waals surface area contributed by atoms with Crippen LogP contribution in [0.4, 0.5) is 5.95 Å². The van der Waals surface area contributed by atoms with E-state index in [2.05, 4.69) is 20.5 Å². The van der Waals surface area contributed by atoms with Crippen LogP contribution in [0.5, 0.6) is 0 Å². The maximum Gasteiger partial charge on any atom is 0.262 e. The predicted molar refractivity (Wildman–Crippen MR) is 113 cm³/mol. The number of rotatable bonds is 8. The van der Waals surface area contributed by atoms with Crippen molar-refractivity contribution in [2.75, 3.05) is 18.6 Å². The number of hydrogen-bond donors (Lipinski definition) is 2. The number of aryl methyl sites for hydroxylation is 2. The minimum atomic E-state index is -0.0774. The van der Waals surface area contributed by atoms with Gasteiger partial charge in [-0.1, -0.05) is 12.1 Å². The molecule has 0 bridgehead atoms. The summed E-state index contributed by atoms with van der Waals surface area (Å²) in [6, 6.07) is 7.36. The van der Waals surface area contributed by atoms with Crippen LogP contribution in [0.1, 0.15) is 37.1 Å². The van der Waals surface area contributed by atoms with Gasteiger partial charge in [-0.3, -0.25) is 9.36 Å². The van der Waals surface area contributed by atoms with E-state index in [0.29, 0.717) is 36.6 Å². The van der Waals surface area contributed by atoms with Crippen molar-refractivity contribution in [2.24, 2.45) is 5.10 Å². The third kappa shape index (κ3) is 4.14. The summed E-state index contributed by atoms with van der Waals surface area (Å²) in [5, 5.41) is 5.10. The van der Waals surface area contributed by atoms with Crippen LogP contribution in [0.3, 0.4) is 0 Å². The van der Waals surface area contributed by atoms with E-state index in [1.54, 1.807) is 10.6 Å². The molecule has 2 N–H and O–H groups in total. The molecule has 0 fully saturated rings. The number of hydrazone groups is 1. The molecule has 0 aliphatic heterocycles. The lowest BCUT2D eigenvalue weighted by molar-refractivity contribution is 0.141. The van der Waals surface area contributed by atoms with E-state index in [1.807, 2.05) is 52.1 Å². The quantitative estimate of drug-likeness (QED) is 0.355. The molecule has 0 aliphatic rings. The molecular formula is C21H27N5O2. The highest BCUT2D eigenvalue weighted by molar-refractivity contribution is 6.01. The Morgan fingerprint density at radius 3 is 2.82 bits per heavy atom. The number of nitrogens with zero attached hydrogens (tertiary/aromatic N) is 3. The van der Waals surface area contributed by atoms with E-state index in [0.717, 1.165) is 29.0 Å². The van der Waals surface area contributed by atoms with Crippen LogP contribution >= 0.6 is 0 Å². The highest BCUT2D eigenvalue weighted by atomic mass is 16.5. The number of aromatic amines is 1. The smallest absolute Gasteiger partial charge is 0.262 e. The van der Waals surface area contributed by atoms with Crippen molar-refractivity contribution in [2.45, 2.75) is 40.7 Å². The Hall–Kier alpha value is -2.93. The summed E-state index contributed by atoms with van der Waals surface area (Å²) in [6.45, 7) is 9.72. The van der Waals surface area contributed by atoms with Gasteiger partial charge in [0, 0.05) is 37.2 Å². The Bertz CT molecular complexity index is 1030. The Kier molecular flexibility index (Phi) is 6.26. The van der Waals surface area contributed by atoms with E-state index in [9.17, 15) is 4.79 Å². The molecule has 2 aromatic heterocycles. The maximum absolute atomic E-state index is 13.0. The largest absolute Gasteiger partial charge is 0.382 e. The first kappa shape index (κ1) is 19.8. The van der Waals surface area contributed by atoms with Gasteiger partial charge in [-0.25, -0.2) is 10.4 Å². The van der Waals surface area contributed by atoms with Crippen molar-refractivity contribution < 1.29 is 4.74 Å². The van der Waals surface area contributed by atoms with Gasteiger partial charge in [0.05, 0.1) is 16.6 Å². The van der Waals surface area contributed by atoms with Crippen molar-refractivity contribution in [1.29, 1.82) is 0 Å². The van der Waals surface area contributed by atoms with E-state index < -0.39 is 0 Å². The molecule has 0 saturated carbocycles. The monoisotopic (exact) mass is 381 g/mol. The topological polar surface area (TPSA) is 84.3 Å². The minimum Gasteiger partial charge on any atom is -0.382 e. The van der Waals surface area contributed by atoms with Gasteiger partial charge in [0.1, 0.15) is 0 Å². The van der Waals surface area contributed by atoms with Crippen LogP contribution in [0.25, 0.3) is 10.9 Å². The Labute approximate surface area is 164 Å². The van der Waals surface area contributed by atoms with Gasteiger partial charge >= 0.3 is 0 Å². The molecule has 0 unspecified atom stereocenters. The summed E-state index contributed by atoms with van der Waals surface area (Å²) in [6.07, 6.45) is 2.68. The standard InChI is InChI=1S/C21H27N5O2/c1-5-28-12-8-11-26-20(27)17-9-6-7-10-18(17)23-21(26)25-24-16(4)19-14(2)13-22-15(19)3/h6-7,9-10,13,22H,5,8,11-12H2,1-4H3,(H,23,25)/b24-16+. The summed E-state index contributed by atoms with van der Waals surface area (Å²) < 4.78 is 7.04. The van der Waals surface area contributed by atoms with Crippen molar-refractivity contribution in [3.05, 3.63) is 57.6 Å². The Morgan fingerprint density at radius 2 is 2.11 bits per heavy atom. The van der Waals surface area contributed by atoms with Crippen molar-refractivity contribution in [1.82, 2.24) is 14.5 Å². The zero-order valence-electron chi connectivity index (χ0n) is 16.9. The average Bonchev–Trinajstić information content (AvgIpc) is 3.03. The lowest BCUT2D eigenvalue weighted by Gasteiger charge is -2.13. The first-order valence-electron chi connectivity index (χ1n) is 9.55. The summed E-state index contributed by atoms with van der Waals surface area (Å²) in [7, 11) is 0. The van der Waals surface area contributed by atoms with Crippen molar-refractivity contribution in [3.8, 4) is 0 Å². The van der Waals surface area contributed by atoms with E-state index in [4.69, 9.17) is 4.74 Å². The predicted octanol–water partition coefficient (Wildman–Crippen LogP) is 3.60. The summed E-state index contributed by atoms with van der Waals surface area (Å²) in [5.41, 5.74) is 7.67. The number of anilines is 1. The van der Waals surface area contributed by atoms with E-state index >= 15 is 0 Å². The molecule has 0 amide bonds. The van der Waals surface area contributed by atoms with Gasteiger partial charge in [-0.2, -0.15) is 5.10 Å². The average molecular weight is 381 g/mol. The molecule has 28 heavy (non-hydrogen) atoms. The molecular weight excluding hydrogens is 354 g/mol. The summed E-state index contributed by atoms with van der Waals surface area (Å²) in [4.78, 5) is 20.8. The maximum atomic E-state index is 13.0. The van der Waals surface area contributed by atoms with Crippen LogP contribution in [-0.4, -0.2) is 33.5 Å². The van der Waals surface area contributed by atoms with Gasteiger partial charge in [0.25, 0.3) is 5.56 Å². The SMILES string of the molecule is CCOCCCn1c(N/N=C(\C)c2c(C)c[nH]c2C)nc2ccccc2c1=O. The zero-order chi connectivity index (χ0) is 20.1. The first-order valence-corrected chi connectivity index (χ1v) is 9.55. The second kappa shape index (κ2) is 8.84. The second-order valence-corrected chi connectivity index (χ2v) is 6.74. The number of hydrogen-bond acceptors (Lipinski definition) is 5. The third-order valence-electron chi connectivity index (χ3n) is 4.70. The highest BCUT2D eigenvalue weighted by Gasteiger charge is 2.12. The van der Waals surface area contributed by atoms with Gasteiger partial charge in [0.15, 0.2) is 0 Å².